The van der Waals surface area contributed by atoms with Gasteiger partial charge >= 0.3 is 0 Å². The van der Waals surface area contributed by atoms with Crippen LogP contribution in [-0.4, -0.2) is 54.3 Å². The number of piperazine rings is 1. The molecular weight excluding hydrogens is 254 g/mol. The number of anilines is 1. The van der Waals surface area contributed by atoms with Gasteiger partial charge in [0.2, 0.25) is 11.8 Å². The van der Waals surface area contributed by atoms with Crippen molar-refractivity contribution in [3.8, 4) is 0 Å². The molecule has 2 amide bonds. The summed E-state index contributed by atoms with van der Waals surface area (Å²) in [6.07, 6.45) is 0.481. The van der Waals surface area contributed by atoms with Crippen molar-refractivity contribution in [1.29, 1.82) is 0 Å². The van der Waals surface area contributed by atoms with Crippen LogP contribution in [0.3, 0.4) is 0 Å². The van der Waals surface area contributed by atoms with E-state index in [0.29, 0.717) is 39.1 Å². The Morgan fingerprint density at radius 3 is 2.25 bits per heavy atom. The lowest BCUT2D eigenvalue weighted by atomic mass is 10.2. The minimum Gasteiger partial charge on any atom is -0.385 e. The Balaban J connectivity index is 1.69. The van der Waals surface area contributed by atoms with E-state index in [1.165, 1.54) is 0 Å². The monoisotopic (exact) mass is 275 g/mol. The molecule has 108 valence electrons. The van der Waals surface area contributed by atoms with Gasteiger partial charge in [-0.25, -0.2) is 0 Å². The molecule has 0 aromatic heterocycles. The summed E-state index contributed by atoms with van der Waals surface area (Å²) in [5, 5.41) is 3.23. The van der Waals surface area contributed by atoms with Crippen molar-refractivity contribution in [3.63, 3.8) is 0 Å². The molecule has 0 radical (unpaired) electrons. The zero-order valence-electron chi connectivity index (χ0n) is 11.8. The highest BCUT2D eigenvalue weighted by Gasteiger charge is 2.21. The Morgan fingerprint density at radius 2 is 1.65 bits per heavy atom. The Labute approximate surface area is 119 Å². The van der Waals surface area contributed by atoms with E-state index in [1.54, 1.807) is 11.8 Å². The number of hydrogen-bond donors (Lipinski definition) is 1. The van der Waals surface area contributed by atoms with Crippen LogP contribution in [-0.2, 0) is 9.59 Å². The molecule has 1 aliphatic heterocycles. The molecular formula is C15H21N3O2. The SMILES string of the molecule is CC(=O)N1CCN(C(=O)CCNc2ccccc2)CC1. The molecule has 0 spiro atoms. The van der Waals surface area contributed by atoms with Crippen molar-refractivity contribution < 1.29 is 9.59 Å². The van der Waals surface area contributed by atoms with Gasteiger partial charge in [0.25, 0.3) is 0 Å². The summed E-state index contributed by atoms with van der Waals surface area (Å²) >= 11 is 0. The van der Waals surface area contributed by atoms with Crippen LogP contribution in [0, 0.1) is 0 Å². The second-order valence-corrected chi connectivity index (χ2v) is 4.93. The van der Waals surface area contributed by atoms with Gasteiger partial charge in [0.05, 0.1) is 0 Å². The second kappa shape index (κ2) is 6.93. The molecule has 0 unspecified atom stereocenters. The molecule has 0 aliphatic carbocycles. The van der Waals surface area contributed by atoms with E-state index < -0.39 is 0 Å². The first-order valence-electron chi connectivity index (χ1n) is 6.99. The predicted octanol–water partition coefficient (Wildman–Crippen LogP) is 1.18. The fraction of sp³-hybridized carbons (Fsp3) is 0.467. The van der Waals surface area contributed by atoms with Crippen LogP contribution < -0.4 is 5.32 Å². The quantitative estimate of drug-likeness (QED) is 0.897. The van der Waals surface area contributed by atoms with Gasteiger partial charge in [0, 0.05) is 51.8 Å². The van der Waals surface area contributed by atoms with Gasteiger partial charge in [-0.2, -0.15) is 0 Å². The summed E-state index contributed by atoms with van der Waals surface area (Å²) in [5.74, 6) is 0.236. The van der Waals surface area contributed by atoms with E-state index in [1.807, 2.05) is 35.2 Å². The van der Waals surface area contributed by atoms with Crippen molar-refractivity contribution in [2.75, 3.05) is 38.0 Å². The van der Waals surface area contributed by atoms with E-state index in [4.69, 9.17) is 0 Å². The highest BCUT2D eigenvalue weighted by Crippen LogP contribution is 2.07. The van der Waals surface area contributed by atoms with Gasteiger partial charge in [-0.05, 0) is 12.1 Å². The van der Waals surface area contributed by atoms with Gasteiger partial charge in [-0.1, -0.05) is 18.2 Å². The Hall–Kier alpha value is -2.04. The van der Waals surface area contributed by atoms with Crippen LogP contribution in [0.15, 0.2) is 30.3 Å². The van der Waals surface area contributed by atoms with Crippen molar-refractivity contribution in [3.05, 3.63) is 30.3 Å². The highest BCUT2D eigenvalue weighted by atomic mass is 16.2. The van der Waals surface area contributed by atoms with Gasteiger partial charge in [-0.3, -0.25) is 9.59 Å². The van der Waals surface area contributed by atoms with Crippen LogP contribution >= 0.6 is 0 Å². The van der Waals surface area contributed by atoms with Crippen LogP contribution in [0.5, 0.6) is 0 Å². The number of carbonyl (C=O) groups excluding carboxylic acids is 2. The summed E-state index contributed by atoms with van der Waals surface area (Å²) in [4.78, 5) is 26.9. The Bertz CT molecular complexity index is 453. The van der Waals surface area contributed by atoms with Crippen molar-refractivity contribution >= 4 is 17.5 Å². The molecule has 1 N–H and O–H groups in total. The topological polar surface area (TPSA) is 52.7 Å². The van der Waals surface area contributed by atoms with Gasteiger partial charge in [-0.15, -0.1) is 0 Å². The third-order valence-electron chi connectivity index (χ3n) is 3.52. The molecule has 1 heterocycles. The first-order chi connectivity index (χ1) is 9.66. The summed E-state index contributed by atoms with van der Waals surface area (Å²) in [5.41, 5.74) is 1.03. The van der Waals surface area contributed by atoms with Crippen LogP contribution in [0.4, 0.5) is 5.69 Å². The number of carbonyl (C=O) groups is 2. The second-order valence-electron chi connectivity index (χ2n) is 4.93. The number of benzene rings is 1. The maximum Gasteiger partial charge on any atom is 0.224 e. The largest absolute Gasteiger partial charge is 0.385 e. The first-order valence-corrected chi connectivity index (χ1v) is 6.99. The average Bonchev–Trinajstić information content (AvgIpc) is 2.48. The Morgan fingerprint density at radius 1 is 1.05 bits per heavy atom. The maximum absolute atomic E-state index is 12.0. The lowest BCUT2D eigenvalue weighted by Gasteiger charge is -2.34. The van der Waals surface area contributed by atoms with Crippen molar-refractivity contribution in [1.82, 2.24) is 9.80 Å². The summed E-state index contributed by atoms with van der Waals surface area (Å²) in [7, 11) is 0. The van der Waals surface area contributed by atoms with Crippen LogP contribution in [0.25, 0.3) is 0 Å². The van der Waals surface area contributed by atoms with E-state index >= 15 is 0 Å². The third-order valence-corrected chi connectivity index (χ3v) is 3.52. The number of rotatable bonds is 4. The van der Waals surface area contributed by atoms with E-state index in [2.05, 4.69) is 5.32 Å². The summed E-state index contributed by atoms with van der Waals surface area (Å²) in [6, 6.07) is 9.85. The van der Waals surface area contributed by atoms with Crippen LogP contribution in [0.1, 0.15) is 13.3 Å². The van der Waals surface area contributed by atoms with Crippen molar-refractivity contribution in [2.45, 2.75) is 13.3 Å². The first kappa shape index (κ1) is 14.4. The molecule has 1 aromatic rings. The lowest BCUT2D eigenvalue weighted by molar-refractivity contribution is -0.138. The molecule has 5 nitrogen and oxygen atoms in total. The number of nitrogens with one attached hydrogen (secondary N) is 1. The van der Waals surface area contributed by atoms with Gasteiger partial charge in [0.15, 0.2) is 0 Å². The van der Waals surface area contributed by atoms with E-state index in [9.17, 15) is 9.59 Å². The summed E-state index contributed by atoms with van der Waals surface area (Å²) in [6.45, 7) is 4.78. The number of amides is 2. The van der Waals surface area contributed by atoms with Crippen LogP contribution in [0.2, 0.25) is 0 Å². The Kier molecular flexibility index (Phi) is 4.98. The van der Waals surface area contributed by atoms with E-state index in [0.717, 1.165) is 5.69 Å². The molecule has 2 rings (SSSR count). The molecule has 1 aliphatic rings. The lowest BCUT2D eigenvalue weighted by Crippen LogP contribution is -2.50. The fourth-order valence-electron chi connectivity index (χ4n) is 2.30. The number of para-hydroxylation sites is 1. The molecule has 1 saturated heterocycles. The minimum absolute atomic E-state index is 0.0860. The highest BCUT2D eigenvalue weighted by molar-refractivity contribution is 5.78. The average molecular weight is 275 g/mol. The molecule has 1 fully saturated rings. The van der Waals surface area contributed by atoms with E-state index in [-0.39, 0.29) is 11.8 Å². The third kappa shape index (κ3) is 3.98. The number of hydrogen-bond acceptors (Lipinski definition) is 3. The maximum atomic E-state index is 12.0. The van der Waals surface area contributed by atoms with Gasteiger partial charge < -0.3 is 15.1 Å². The minimum atomic E-state index is 0.0860. The normalized spacial score (nSPS) is 15.1. The zero-order chi connectivity index (χ0) is 14.4. The zero-order valence-corrected chi connectivity index (χ0v) is 11.8. The molecule has 0 atom stereocenters. The van der Waals surface area contributed by atoms with Crippen molar-refractivity contribution in [2.24, 2.45) is 0 Å². The predicted molar refractivity (Wildman–Crippen MR) is 78.4 cm³/mol. The molecule has 0 saturated carbocycles. The molecule has 1 aromatic carbocycles. The number of nitrogens with zero attached hydrogens (tertiary/aromatic N) is 2. The fourth-order valence-corrected chi connectivity index (χ4v) is 2.30. The molecule has 0 bridgehead atoms. The molecule has 20 heavy (non-hydrogen) atoms. The molecule has 5 heteroatoms. The van der Waals surface area contributed by atoms with Gasteiger partial charge in [0.1, 0.15) is 0 Å². The summed E-state index contributed by atoms with van der Waals surface area (Å²) < 4.78 is 0. The smallest absolute Gasteiger partial charge is 0.224 e. The standard InChI is InChI=1S/C15H21N3O2/c1-13(19)17-9-11-18(12-10-17)15(20)7-8-16-14-5-3-2-4-6-14/h2-6,16H,7-12H2,1H3.